The molecule has 4 atom stereocenters. The summed E-state index contributed by atoms with van der Waals surface area (Å²) >= 11 is 1.68. The van der Waals surface area contributed by atoms with Crippen molar-refractivity contribution in [2.75, 3.05) is 27.1 Å². The summed E-state index contributed by atoms with van der Waals surface area (Å²) in [5.41, 5.74) is 1.71. The number of unbranched alkanes of at least 4 members (excludes halogenated alkanes) is 1. The van der Waals surface area contributed by atoms with Crippen molar-refractivity contribution in [3.8, 4) is 11.5 Å². The first-order chi connectivity index (χ1) is 14.9. The average molecular weight is 450 g/mol. The monoisotopic (exact) mass is 449 g/mol. The summed E-state index contributed by atoms with van der Waals surface area (Å²) in [6.07, 6.45) is 1.86. The van der Waals surface area contributed by atoms with Gasteiger partial charge >= 0.3 is 5.97 Å². The molecular weight excluding hydrogens is 418 g/mol. The molecule has 3 rings (SSSR count). The van der Waals surface area contributed by atoms with Crippen molar-refractivity contribution >= 4 is 23.6 Å². The first-order valence-electron chi connectivity index (χ1n) is 10.4. The van der Waals surface area contributed by atoms with Crippen LogP contribution in [0.25, 0.3) is 0 Å². The van der Waals surface area contributed by atoms with Crippen molar-refractivity contribution < 1.29 is 23.8 Å². The molecule has 1 saturated heterocycles. The Bertz CT molecular complexity index is 860. The fourth-order valence-corrected chi connectivity index (χ4v) is 5.26. The molecule has 2 aliphatic rings. The molecule has 9 heteroatoms. The van der Waals surface area contributed by atoms with Gasteiger partial charge in [0.2, 0.25) is 5.91 Å². The molecule has 1 fully saturated rings. The van der Waals surface area contributed by atoms with Crippen LogP contribution >= 0.6 is 11.8 Å². The van der Waals surface area contributed by atoms with E-state index in [0.29, 0.717) is 22.8 Å². The average Bonchev–Trinajstić information content (AvgIpc) is 2.77. The van der Waals surface area contributed by atoms with E-state index in [1.165, 1.54) is 7.11 Å². The Labute approximate surface area is 187 Å². The summed E-state index contributed by atoms with van der Waals surface area (Å²) in [6, 6.07) is 5.46. The summed E-state index contributed by atoms with van der Waals surface area (Å²) in [4.78, 5) is 26.0. The summed E-state index contributed by atoms with van der Waals surface area (Å²) in [5, 5.41) is 9.86. The Morgan fingerprint density at radius 1 is 1.13 bits per heavy atom. The van der Waals surface area contributed by atoms with Crippen LogP contribution < -0.4 is 25.4 Å². The van der Waals surface area contributed by atoms with Crippen molar-refractivity contribution in [2.24, 2.45) is 5.92 Å². The molecule has 0 spiro atoms. The van der Waals surface area contributed by atoms with Crippen LogP contribution in [-0.4, -0.2) is 50.6 Å². The fourth-order valence-electron chi connectivity index (χ4n) is 4.13. The van der Waals surface area contributed by atoms with Crippen LogP contribution in [0.4, 0.5) is 0 Å². The summed E-state index contributed by atoms with van der Waals surface area (Å²) in [5.74, 6) is 0.443. The van der Waals surface area contributed by atoms with Crippen molar-refractivity contribution in [2.45, 2.75) is 44.3 Å². The molecule has 1 aromatic rings. The van der Waals surface area contributed by atoms with Gasteiger partial charge in [-0.05, 0) is 36.8 Å². The molecule has 2 aliphatic heterocycles. The zero-order valence-electron chi connectivity index (χ0n) is 18.6. The number of amides is 1. The number of nitrogens with one attached hydrogen (secondary N) is 3. The molecule has 170 valence electrons. The highest BCUT2D eigenvalue weighted by Gasteiger charge is 2.48. The van der Waals surface area contributed by atoms with Crippen LogP contribution in [0.1, 0.15) is 38.2 Å². The van der Waals surface area contributed by atoms with Crippen molar-refractivity contribution in [3.05, 3.63) is 35.0 Å². The number of allylic oxidation sites excluding steroid dienone is 1. The fraction of sp³-hybridized carbons (Fsp3) is 0.545. The summed E-state index contributed by atoms with van der Waals surface area (Å²) < 4.78 is 15.9. The number of benzene rings is 1. The van der Waals surface area contributed by atoms with Gasteiger partial charge in [-0.1, -0.05) is 19.4 Å². The van der Waals surface area contributed by atoms with Crippen molar-refractivity contribution in [1.29, 1.82) is 0 Å². The predicted octanol–water partition coefficient (Wildman–Crippen LogP) is 2.32. The third-order valence-corrected chi connectivity index (χ3v) is 6.78. The number of thioether (sulfide) groups is 1. The van der Waals surface area contributed by atoms with Gasteiger partial charge in [-0.2, -0.15) is 0 Å². The molecule has 1 amide bonds. The Hall–Kier alpha value is -2.39. The molecular formula is C22H31N3O5S. The van der Waals surface area contributed by atoms with Crippen LogP contribution in [0.15, 0.2) is 29.5 Å². The van der Waals surface area contributed by atoms with Crippen molar-refractivity contribution in [1.82, 2.24) is 16.0 Å². The first kappa shape index (κ1) is 23.3. The minimum atomic E-state index is -0.543. The molecule has 1 aromatic carbocycles. The quantitative estimate of drug-likeness (QED) is 0.411. The van der Waals surface area contributed by atoms with E-state index >= 15 is 0 Å². The number of fused-ring (bicyclic) bond motifs is 1. The van der Waals surface area contributed by atoms with Gasteiger partial charge in [0.05, 0.1) is 39.0 Å². The van der Waals surface area contributed by atoms with Gasteiger partial charge in [0.15, 0.2) is 11.5 Å². The van der Waals surface area contributed by atoms with E-state index in [4.69, 9.17) is 14.2 Å². The van der Waals surface area contributed by atoms with Gasteiger partial charge in [0, 0.05) is 11.6 Å². The topological polar surface area (TPSA) is 97.9 Å². The zero-order valence-corrected chi connectivity index (χ0v) is 19.4. The highest BCUT2D eigenvalue weighted by molar-refractivity contribution is 7.99. The van der Waals surface area contributed by atoms with Crippen LogP contribution in [0.3, 0.4) is 0 Å². The number of esters is 1. The van der Waals surface area contributed by atoms with Gasteiger partial charge < -0.3 is 24.8 Å². The number of carbonyl (C=O) groups excluding carboxylic acids is 2. The molecule has 3 N–H and O–H groups in total. The number of carbonyl (C=O) groups is 2. The van der Waals surface area contributed by atoms with Crippen LogP contribution in [0.5, 0.6) is 11.5 Å². The van der Waals surface area contributed by atoms with Gasteiger partial charge in [-0.3, -0.25) is 10.1 Å². The maximum atomic E-state index is 13.3. The summed E-state index contributed by atoms with van der Waals surface area (Å²) in [6.45, 7) is 3.98. The zero-order chi connectivity index (χ0) is 22.5. The molecule has 2 heterocycles. The van der Waals surface area contributed by atoms with E-state index < -0.39 is 17.8 Å². The largest absolute Gasteiger partial charge is 0.493 e. The minimum absolute atomic E-state index is 0.112. The number of rotatable bonds is 8. The molecule has 4 unspecified atom stereocenters. The molecule has 0 aromatic heterocycles. The second-order valence-corrected chi connectivity index (χ2v) is 8.76. The minimum Gasteiger partial charge on any atom is -0.493 e. The highest BCUT2D eigenvalue weighted by Crippen LogP contribution is 2.43. The normalized spacial score (nSPS) is 25.3. The molecule has 8 nitrogen and oxygen atoms in total. The third-order valence-electron chi connectivity index (χ3n) is 5.67. The van der Waals surface area contributed by atoms with E-state index in [9.17, 15) is 9.59 Å². The molecule has 31 heavy (non-hydrogen) atoms. The maximum absolute atomic E-state index is 13.3. The van der Waals surface area contributed by atoms with Crippen LogP contribution in [-0.2, 0) is 14.3 Å². The Morgan fingerprint density at radius 2 is 1.87 bits per heavy atom. The van der Waals surface area contributed by atoms with E-state index in [2.05, 4.69) is 22.9 Å². The lowest BCUT2D eigenvalue weighted by Gasteiger charge is -2.45. The van der Waals surface area contributed by atoms with Gasteiger partial charge in [-0.15, -0.1) is 11.8 Å². The molecule has 0 aliphatic carbocycles. The lowest BCUT2D eigenvalue weighted by atomic mass is 9.74. The predicted molar refractivity (Wildman–Crippen MR) is 120 cm³/mol. The smallest absolute Gasteiger partial charge is 0.336 e. The molecule has 0 saturated carbocycles. The number of hydrogen-bond donors (Lipinski definition) is 3. The van der Waals surface area contributed by atoms with Crippen LogP contribution in [0, 0.1) is 5.92 Å². The Kier molecular flexibility index (Phi) is 7.72. The third kappa shape index (κ3) is 4.77. The van der Waals surface area contributed by atoms with Gasteiger partial charge in [-0.25, -0.2) is 4.79 Å². The molecule has 0 bridgehead atoms. The van der Waals surface area contributed by atoms with Gasteiger partial charge in [0.25, 0.3) is 0 Å². The lowest BCUT2D eigenvalue weighted by molar-refractivity contribution is -0.137. The Balaban J connectivity index is 2.01. The van der Waals surface area contributed by atoms with E-state index in [0.717, 1.165) is 24.2 Å². The number of methoxy groups -OCH3 is 3. The number of hydrogen-bond acceptors (Lipinski definition) is 8. The highest BCUT2D eigenvalue weighted by atomic mass is 32.2. The second-order valence-electron chi connectivity index (χ2n) is 7.55. The number of ether oxygens (including phenoxy) is 3. The Morgan fingerprint density at radius 3 is 2.52 bits per heavy atom. The van der Waals surface area contributed by atoms with Gasteiger partial charge in [0.1, 0.15) is 5.50 Å². The second kappa shape index (κ2) is 10.3. The summed E-state index contributed by atoms with van der Waals surface area (Å²) in [7, 11) is 4.47. The van der Waals surface area contributed by atoms with Crippen molar-refractivity contribution in [3.63, 3.8) is 0 Å². The molecule has 0 radical (unpaired) electrons. The maximum Gasteiger partial charge on any atom is 0.336 e. The lowest BCUT2D eigenvalue weighted by Crippen LogP contribution is -2.67. The van der Waals surface area contributed by atoms with Crippen LogP contribution in [0.2, 0.25) is 0 Å². The van der Waals surface area contributed by atoms with E-state index in [-0.39, 0.29) is 17.6 Å². The standard InChI is InChI=1S/C22H31N3O5S/c1-6-7-10-31-22-24-19-18(20(26)25-22)17(16(12(2)23-19)21(27)30-5)13-8-9-14(28-3)15(11-13)29-4/h8-9,11,17-19,22-24H,6-7,10H2,1-5H3,(H,25,26). The van der Waals surface area contributed by atoms with E-state index in [1.54, 1.807) is 32.0 Å². The SMILES string of the molecule is CCCCSC1NC(=O)C2C(NC(C)=C(C(=O)OC)C2c2ccc(OC)c(OC)c2)N1. The first-order valence-corrected chi connectivity index (χ1v) is 11.5. The van der Waals surface area contributed by atoms with E-state index in [1.807, 2.05) is 19.1 Å².